The highest BCUT2D eigenvalue weighted by atomic mass is 15.2. The van der Waals surface area contributed by atoms with Crippen LogP contribution in [0.4, 0.5) is 17.3 Å². The Bertz CT molecular complexity index is 651. The highest BCUT2D eigenvalue weighted by Crippen LogP contribution is 2.32. The largest absolute Gasteiger partial charge is 0.366 e. The first-order valence-electron chi connectivity index (χ1n) is 7.34. The predicted molar refractivity (Wildman–Crippen MR) is 87.2 cm³/mol. The van der Waals surface area contributed by atoms with Gasteiger partial charge in [-0.25, -0.2) is 9.97 Å². The fourth-order valence-corrected chi connectivity index (χ4v) is 2.73. The molecule has 1 N–H and O–H groups in total. The van der Waals surface area contributed by atoms with E-state index in [9.17, 15) is 0 Å². The first kappa shape index (κ1) is 13.6. The van der Waals surface area contributed by atoms with E-state index in [2.05, 4.69) is 51.0 Å². The third-order valence-corrected chi connectivity index (χ3v) is 3.64. The van der Waals surface area contributed by atoms with Crippen LogP contribution in [-0.2, 0) is 6.42 Å². The fourth-order valence-electron chi connectivity index (χ4n) is 2.73. The summed E-state index contributed by atoms with van der Waals surface area (Å²) in [5.74, 6) is 2.59. The number of anilines is 3. The molecule has 0 atom stereocenters. The monoisotopic (exact) mass is 280 g/mol. The van der Waals surface area contributed by atoms with Gasteiger partial charge in [0.2, 0.25) is 0 Å². The van der Waals surface area contributed by atoms with Gasteiger partial charge in [0.05, 0.1) is 0 Å². The van der Waals surface area contributed by atoms with Gasteiger partial charge in [-0.15, -0.1) is 6.58 Å². The Labute approximate surface area is 125 Å². The lowest BCUT2D eigenvalue weighted by molar-refractivity contribution is 0.756. The molecule has 108 valence electrons. The zero-order valence-electron chi connectivity index (χ0n) is 12.3. The predicted octanol–water partition coefficient (Wildman–Crippen LogP) is 3.47. The molecule has 0 saturated carbocycles. The quantitative estimate of drug-likeness (QED) is 0.871. The smallest absolute Gasteiger partial charge is 0.138 e. The van der Waals surface area contributed by atoms with E-state index in [0.29, 0.717) is 6.54 Å². The molecule has 0 unspecified atom stereocenters. The van der Waals surface area contributed by atoms with Crippen molar-refractivity contribution in [3.63, 3.8) is 0 Å². The molecular weight excluding hydrogens is 260 g/mol. The van der Waals surface area contributed by atoms with Crippen LogP contribution in [0.3, 0.4) is 0 Å². The van der Waals surface area contributed by atoms with Crippen molar-refractivity contribution in [1.82, 2.24) is 9.97 Å². The van der Waals surface area contributed by atoms with Crippen LogP contribution in [0.15, 0.2) is 43.0 Å². The maximum Gasteiger partial charge on any atom is 0.138 e. The van der Waals surface area contributed by atoms with E-state index < -0.39 is 0 Å². The number of rotatable bonds is 4. The zero-order valence-corrected chi connectivity index (χ0v) is 12.3. The lowest BCUT2D eigenvalue weighted by atomic mass is 10.0. The summed E-state index contributed by atoms with van der Waals surface area (Å²) in [4.78, 5) is 11.3. The Morgan fingerprint density at radius 3 is 3.05 bits per heavy atom. The van der Waals surface area contributed by atoms with Gasteiger partial charge >= 0.3 is 0 Å². The molecule has 0 saturated heterocycles. The number of nitrogens with zero attached hydrogens (tertiary/aromatic N) is 3. The van der Waals surface area contributed by atoms with Gasteiger partial charge in [-0.05, 0) is 31.4 Å². The average Bonchev–Trinajstić information content (AvgIpc) is 2.52. The van der Waals surface area contributed by atoms with Crippen molar-refractivity contribution < 1.29 is 0 Å². The second kappa shape index (κ2) is 5.95. The topological polar surface area (TPSA) is 41.0 Å². The minimum Gasteiger partial charge on any atom is -0.366 e. The Balaban J connectivity index is 1.97. The summed E-state index contributed by atoms with van der Waals surface area (Å²) >= 11 is 0. The number of aromatic nitrogens is 2. The van der Waals surface area contributed by atoms with Crippen LogP contribution < -0.4 is 10.2 Å². The number of aryl methyl sites for hydroxylation is 2. The fraction of sp³-hybridized carbons (Fsp3) is 0.294. The summed E-state index contributed by atoms with van der Waals surface area (Å²) in [7, 11) is 0. The number of hydrogen-bond donors (Lipinski definition) is 1. The number of benzene rings is 1. The molecule has 21 heavy (non-hydrogen) atoms. The Hall–Kier alpha value is -2.36. The maximum atomic E-state index is 4.61. The highest BCUT2D eigenvalue weighted by molar-refractivity contribution is 5.67. The molecule has 3 rings (SSSR count). The molecular formula is C17H20N4. The maximum absolute atomic E-state index is 4.61. The van der Waals surface area contributed by atoms with Crippen LogP contribution in [0, 0.1) is 6.92 Å². The van der Waals surface area contributed by atoms with Gasteiger partial charge in [-0.1, -0.05) is 24.3 Å². The van der Waals surface area contributed by atoms with Gasteiger partial charge in [0, 0.05) is 24.8 Å². The molecule has 0 spiro atoms. The van der Waals surface area contributed by atoms with E-state index in [1.54, 1.807) is 0 Å². The molecule has 2 heterocycles. The number of para-hydroxylation sites is 1. The summed E-state index contributed by atoms with van der Waals surface area (Å²) in [6.07, 6.45) is 4.11. The highest BCUT2D eigenvalue weighted by Gasteiger charge is 2.19. The van der Waals surface area contributed by atoms with Crippen molar-refractivity contribution in [3.05, 3.63) is 54.4 Å². The second-order valence-corrected chi connectivity index (χ2v) is 5.21. The molecule has 1 aromatic carbocycles. The molecule has 1 aromatic heterocycles. The Morgan fingerprint density at radius 1 is 1.33 bits per heavy atom. The Kier molecular flexibility index (Phi) is 3.86. The summed E-state index contributed by atoms with van der Waals surface area (Å²) in [5.41, 5.74) is 2.65. The normalized spacial score (nSPS) is 13.7. The van der Waals surface area contributed by atoms with Gasteiger partial charge < -0.3 is 10.2 Å². The van der Waals surface area contributed by atoms with Gasteiger partial charge in [0.1, 0.15) is 17.5 Å². The van der Waals surface area contributed by atoms with E-state index in [1.807, 2.05) is 19.1 Å². The van der Waals surface area contributed by atoms with Gasteiger partial charge in [-0.2, -0.15) is 0 Å². The third-order valence-electron chi connectivity index (χ3n) is 3.64. The van der Waals surface area contributed by atoms with E-state index in [0.717, 1.165) is 36.8 Å². The molecule has 2 aromatic rings. The van der Waals surface area contributed by atoms with Crippen molar-refractivity contribution >= 4 is 17.3 Å². The first-order valence-corrected chi connectivity index (χ1v) is 7.34. The Morgan fingerprint density at radius 2 is 2.19 bits per heavy atom. The lowest BCUT2D eigenvalue weighted by Crippen LogP contribution is -2.25. The molecule has 1 aliphatic rings. The van der Waals surface area contributed by atoms with Crippen molar-refractivity contribution in [2.45, 2.75) is 19.8 Å². The molecule has 0 bridgehead atoms. The van der Waals surface area contributed by atoms with Gasteiger partial charge in [0.15, 0.2) is 0 Å². The standard InChI is InChI=1S/C17H20N4/c1-3-10-18-16-12-17(20-13(2)19-16)21-11-6-8-14-7-4-5-9-15(14)21/h3-5,7,9,12H,1,6,8,10-11H2,2H3,(H,18,19,20). The van der Waals surface area contributed by atoms with Crippen molar-refractivity contribution in [3.8, 4) is 0 Å². The zero-order chi connectivity index (χ0) is 14.7. The second-order valence-electron chi connectivity index (χ2n) is 5.21. The van der Waals surface area contributed by atoms with Crippen LogP contribution in [0.1, 0.15) is 17.8 Å². The van der Waals surface area contributed by atoms with E-state index in [4.69, 9.17) is 0 Å². The first-order chi connectivity index (χ1) is 10.3. The molecule has 0 fully saturated rings. The average molecular weight is 280 g/mol. The number of hydrogen-bond acceptors (Lipinski definition) is 4. The molecule has 4 heteroatoms. The molecule has 4 nitrogen and oxygen atoms in total. The molecule has 1 aliphatic heterocycles. The van der Waals surface area contributed by atoms with Crippen LogP contribution in [0.5, 0.6) is 0 Å². The summed E-state index contributed by atoms with van der Waals surface area (Å²) in [5, 5.41) is 3.24. The molecule has 0 amide bonds. The van der Waals surface area contributed by atoms with Crippen molar-refractivity contribution in [2.24, 2.45) is 0 Å². The third kappa shape index (κ3) is 2.89. The SMILES string of the molecule is C=CCNc1cc(N2CCCc3ccccc32)nc(C)n1. The van der Waals surface area contributed by atoms with Gasteiger partial charge in [0.25, 0.3) is 0 Å². The van der Waals surface area contributed by atoms with E-state index in [1.165, 1.54) is 11.3 Å². The molecule has 0 radical (unpaired) electrons. The summed E-state index contributed by atoms with van der Waals surface area (Å²) < 4.78 is 0. The number of nitrogens with one attached hydrogen (secondary N) is 1. The summed E-state index contributed by atoms with van der Waals surface area (Å²) in [6.45, 7) is 7.35. The minimum atomic E-state index is 0.701. The van der Waals surface area contributed by atoms with Crippen LogP contribution in [0.25, 0.3) is 0 Å². The number of fused-ring (bicyclic) bond motifs is 1. The molecule has 0 aliphatic carbocycles. The van der Waals surface area contributed by atoms with E-state index in [-0.39, 0.29) is 0 Å². The van der Waals surface area contributed by atoms with Crippen LogP contribution >= 0.6 is 0 Å². The van der Waals surface area contributed by atoms with Crippen LogP contribution in [0.2, 0.25) is 0 Å². The van der Waals surface area contributed by atoms with E-state index >= 15 is 0 Å². The van der Waals surface area contributed by atoms with Crippen LogP contribution in [-0.4, -0.2) is 23.1 Å². The lowest BCUT2D eigenvalue weighted by Gasteiger charge is -2.30. The minimum absolute atomic E-state index is 0.701. The van der Waals surface area contributed by atoms with Crippen molar-refractivity contribution in [2.75, 3.05) is 23.3 Å². The van der Waals surface area contributed by atoms with Crippen molar-refractivity contribution in [1.29, 1.82) is 0 Å². The summed E-state index contributed by atoms with van der Waals surface area (Å²) in [6, 6.07) is 10.6. The van der Waals surface area contributed by atoms with Gasteiger partial charge in [-0.3, -0.25) is 0 Å².